The van der Waals surface area contributed by atoms with Crippen LogP contribution in [0.5, 0.6) is 0 Å². The highest BCUT2D eigenvalue weighted by Crippen LogP contribution is 2.25. The minimum absolute atomic E-state index is 0.152. The summed E-state index contributed by atoms with van der Waals surface area (Å²) in [5.41, 5.74) is 2.39. The SMILES string of the molecule is C=CC(C)(O)CC/C=C1\CC(/C=C(\C)CCC=C(C)C)OC1=O. The van der Waals surface area contributed by atoms with Gasteiger partial charge in [-0.25, -0.2) is 4.79 Å². The molecular weight excluding hydrogens is 288 g/mol. The summed E-state index contributed by atoms with van der Waals surface area (Å²) in [6, 6.07) is 0. The Morgan fingerprint density at radius 2 is 2.09 bits per heavy atom. The monoisotopic (exact) mass is 318 g/mol. The van der Waals surface area contributed by atoms with Crippen molar-refractivity contribution >= 4 is 5.97 Å². The number of carbonyl (C=O) groups excluding carboxylic acids is 1. The lowest BCUT2D eigenvalue weighted by Crippen LogP contribution is -2.19. The molecular formula is C20H30O3. The topological polar surface area (TPSA) is 46.5 Å². The molecule has 1 aliphatic heterocycles. The van der Waals surface area contributed by atoms with Gasteiger partial charge in [-0.3, -0.25) is 0 Å². The summed E-state index contributed by atoms with van der Waals surface area (Å²) in [5.74, 6) is -0.235. The molecule has 0 amide bonds. The van der Waals surface area contributed by atoms with Crippen molar-refractivity contribution in [3.8, 4) is 0 Å². The van der Waals surface area contributed by atoms with E-state index in [1.807, 2.05) is 6.08 Å². The van der Waals surface area contributed by atoms with Crippen LogP contribution in [0.1, 0.15) is 59.8 Å². The van der Waals surface area contributed by atoms with Crippen molar-refractivity contribution in [3.05, 3.63) is 47.6 Å². The zero-order chi connectivity index (χ0) is 17.5. The maximum Gasteiger partial charge on any atom is 0.334 e. The molecule has 2 unspecified atom stereocenters. The Bertz CT molecular complexity index is 517. The van der Waals surface area contributed by atoms with E-state index in [1.165, 1.54) is 17.2 Å². The zero-order valence-electron chi connectivity index (χ0n) is 14.9. The van der Waals surface area contributed by atoms with Gasteiger partial charge >= 0.3 is 5.97 Å². The van der Waals surface area contributed by atoms with Crippen LogP contribution in [0.4, 0.5) is 0 Å². The lowest BCUT2D eigenvalue weighted by Gasteiger charge is -2.16. The first kappa shape index (κ1) is 19.4. The van der Waals surface area contributed by atoms with Gasteiger partial charge in [0.2, 0.25) is 0 Å². The number of esters is 1. The fourth-order valence-electron chi connectivity index (χ4n) is 2.44. The molecule has 0 saturated carbocycles. The number of ether oxygens (including phenoxy) is 1. The lowest BCUT2D eigenvalue weighted by atomic mass is 9.99. The van der Waals surface area contributed by atoms with Crippen molar-refractivity contribution in [2.24, 2.45) is 0 Å². The lowest BCUT2D eigenvalue weighted by molar-refractivity contribution is -0.137. The van der Waals surface area contributed by atoms with Crippen molar-refractivity contribution in [3.63, 3.8) is 0 Å². The Kier molecular flexibility index (Phi) is 7.50. The molecule has 23 heavy (non-hydrogen) atoms. The first-order chi connectivity index (χ1) is 10.7. The van der Waals surface area contributed by atoms with Gasteiger partial charge in [-0.2, -0.15) is 0 Å². The van der Waals surface area contributed by atoms with Crippen LogP contribution < -0.4 is 0 Å². The van der Waals surface area contributed by atoms with Crippen LogP contribution in [0.3, 0.4) is 0 Å². The van der Waals surface area contributed by atoms with Gasteiger partial charge in [0, 0.05) is 12.0 Å². The van der Waals surface area contributed by atoms with Gasteiger partial charge in [0.1, 0.15) is 6.10 Å². The van der Waals surface area contributed by atoms with E-state index in [2.05, 4.69) is 39.5 Å². The van der Waals surface area contributed by atoms with E-state index in [4.69, 9.17) is 4.74 Å². The smallest absolute Gasteiger partial charge is 0.334 e. The largest absolute Gasteiger partial charge is 0.454 e. The van der Waals surface area contributed by atoms with E-state index in [1.54, 1.807) is 6.92 Å². The molecule has 3 nitrogen and oxygen atoms in total. The molecule has 0 spiro atoms. The molecule has 0 aromatic carbocycles. The van der Waals surface area contributed by atoms with Crippen molar-refractivity contribution in [2.75, 3.05) is 0 Å². The second-order valence-electron chi connectivity index (χ2n) is 6.81. The van der Waals surface area contributed by atoms with E-state index < -0.39 is 5.60 Å². The van der Waals surface area contributed by atoms with Crippen LogP contribution in [0.2, 0.25) is 0 Å². The molecule has 3 heteroatoms. The molecule has 1 aliphatic rings. The van der Waals surface area contributed by atoms with Crippen LogP contribution in [0, 0.1) is 0 Å². The second-order valence-corrected chi connectivity index (χ2v) is 6.81. The molecule has 2 atom stereocenters. The van der Waals surface area contributed by atoms with Gasteiger partial charge in [-0.15, -0.1) is 6.58 Å². The number of aliphatic hydroxyl groups is 1. The molecule has 1 saturated heterocycles. The summed E-state index contributed by atoms with van der Waals surface area (Å²) in [4.78, 5) is 11.9. The van der Waals surface area contributed by atoms with Gasteiger partial charge in [-0.1, -0.05) is 29.4 Å². The summed E-state index contributed by atoms with van der Waals surface area (Å²) in [6.45, 7) is 11.6. The van der Waals surface area contributed by atoms with Crippen LogP contribution in [0.25, 0.3) is 0 Å². The third-order valence-electron chi connectivity index (χ3n) is 3.98. The number of hydrogen-bond acceptors (Lipinski definition) is 3. The minimum atomic E-state index is -0.889. The van der Waals surface area contributed by atoms with E-state index in [0.717, 1.165) is 12.8 Å². The predicted molar refractivity (Wildman–Crippen MR) is 95.1 cm³/mol. The van der Waals surface area contributed by atoms with Gasteiger partial charge in [0.25, 0.3) is 0 Å². The molecule has 1 rings (SSSR count). The third-order valence-corrected chi connectivity index (χ3v) is 3.98. The van der Waals surface area contributed by atoms with E-state index in [9.17, 15) is 9.90 Å². The van der Waals surface area contributed by atoms with Crippen molar-refractivity contribution in [1.82, 2.24) is 0 Å². The number of cyclic esters (lactones) is 1. The van der Waals surface area contributed by atoms with Crippen LogP contribution in [-0.4, -0.2) is 22.8 Å². The third kappa shape index (κ3) is 7.47. The molecule has 0 radical (unpaired) electrons. The molecule has 0 bridgehead atoms. The standard InChI is InChI=1S/C20H30O3/c1-6-20(5,22)12-8-11-17-14-18(23-19(17)21)13-16(4)10-7-9-15(2)3/h6,9,11,13,18,22H,1,7-8,10,12,14H2,2-5H3/b16-13+,17-11+. The molecule has 128 valence electrons. The average Bonchev–Trinajstić information content (AvgIpc) is 2.78. The van der Waals surface area contributed by atoms with Crippen molar-refractivity contribution < 1.29 is 14.6 Å². The highest BCUT2D eigenvalue weighted by atomic mass is 16.5. The number of rotatable bonds is 8. The van der Waals surface area contributed by atoms with Crippen molar-refractivity contribution in [1.29, 1.82) is 0 Å². The maximum absolute atomic E-state index is 11.9. The molecule has 1 heterocycles. The van der Waals surface area contributed by atoms with E-state index >= 15 is 0 Å². The summed E-state index contributed by atoms with van der Waals surface area (Å²) >= 11 is 0. The molecule has 1 N–H and O–H groups in total. The van der Waals surface area contributed by atoms with Crippen molar-refractivity contribution in [2.45, 2.75) is 71.5 Å². The first-order valence-electron chi connectivity index (χ1n) is 8.30. The molecule has 0 aromatic rings. The normalized spacial score (nSPS) is 22.7. The van der Waals surface area contributed by atoms with Crippen LogP contribution in [-0.2, 0) is 9.53 Å². The number of allylic oxidation sites excluding steroid dienone is 4. The minimum Gasteiger partial charge on any atom is -0.454 e. The van der Waals surface area contributed by atoms with Gasteiger partial charge < -0.3 is 9.84 Å². The molecule has 1 fully saturated rings. The fourth-order valence-corrected chi connectivity index (χ4v) is 2.44. The summed E-state index contributed by atoms with van der Waals surface area (Å²) in [7, 11) is 0. The van der Waals surface area contributed by atoms with Crippen LogP contribution in [0.15, 0.2) is 47.6 Å². The maximum atomic E-state index is 11.9. The zero-order valence-corrected chi connectivity index (χ0v) is 14.9. The average molecular weight is 318 g/mol. The summed E-state index contributed by atoms with van der Waals surface area (Å²) < 4.78 is 5.40. The highest BCUT2D eigenvalue weighted by Gasteiger charge is 2.27. The first-order valence-corrected chi connectivity index (χ1v) is 8.30. The van der Waals surface area contributed by atoms with Crippen LogP contribution >= 0.6 is 0 Å². The van der Waals surface area contributed by atoms with E-state index in [-0.39, 0.29) is 12.1 Å². The molecule has 0 aliphatic carbocycles. The number of hydrogen-bond donors (Lipinski definition) is 1. The Morgan fingerprint density at radius 1 is 1.39 bits per heavy atom. The van der Waals surface area contributed by atoms with E-state index in [0.29, 0.717) is 24.8 Å². The van der Waals surface area contributed by atoms with Gasteiger partial charge in [0.15, 0.2) is 0 Å². The summed E-state index contributed by atoms with van der Waals surface area (Å²) in [6.07, 6.45) is 11.3. The Labute approximate surface area is 140 Å². The fraction of sp³-hybridized carbons (Fsp3) is 0.550. The second kappa shape index (κ2) is 8.88. The number of carbonyl (C=O) groups is 1. The van der Waals surface area contributed by atoms with Gasteiger partial charge in [0.05, 0.1) is 5.60 Å². The predicted octanol–water partition coefficient (Wildman–Crippen LogP) is 4.64. The Morgan fingerprint density at radius 3 is 2.70 bits per heavy atom. The Balaban J connectivity index is 2.52. The highest BCUT2D eigenvalue weighted by molar-refractivity contribution is 5.90. The molecule has 0 aromatic heterocycles. The van der Waals surface area contributed by atoms with Gasteiger partial charge in [-0.05, 0) is 59.5 Å². The summed E-state index contributed by atoms with van der Waals surface area (Å²) in [5, 5.41) is 9.88. The Hall–Kier alpha value is -1.61. The quantitative estimate of drug-likeness (QED) is 0.403.